The van der Waals surface area contributed by atoms with Crippen LogP contribution < -0.4 is 11.5 Å². The third-order valence-corrected chi connectivity index (χ3v) is 2.94. The molecule has 0 aromatic rings. The van der Waals surface area contributed by atoms with E-state index in [-0.39, 0.29) is 5.96 Å². The standard InChI is InChI=1S/C10H19F3N4/c11-10(12,13)7-17-5-2-8(3-6-17)1-4-16-9(14)15/h8H,1-7H2,(H4,14,15,16). The van der Waals surface area contributed by atoms with Gasteiger partial charge in [0.2, 0.25) is 0 Å². The average molecular weight is 252 g/mol. The number of guanidine groups is 1. The van der Waals surface area contributed by atoms with Crippen LogP contribution in [0.15, 0.2) is 4.99 Å². The molecule has 4 N–H and O–H groups in total. The van der Waals surface area contributed by atoms with Gasteiger partial charge in [-0.25, -0.2) is 0 Å². The van der Waals surface area contributed by atoms with Gasteiger partial charge in [-0.15, -0.1) is 0 Å². The second kappa shape index (κ2) is 6.09. The van der Waals surface area contributed by atoms with Gasteiger partial charge in [-0.2, -0.15) is 13.2 Å². The first kappa shape index (κ1) is 14.1. The lowest BCUT2D eigenvalue weighted by molar-refractivity contribution is -0.148. The maximum atomic E-state index is 12.1. The van der Waals surface area contributed by atoms with Gasteiger partial charge in [0.15, 0.2) is 5.96 Å². The molecule has 1 fully saturated rings. The van der Waals surface area contributed by atoms with Gasteiger partial charge in [0.25, 0.3) is 0 Å². The quantitative estimate of drug-likeness (QED) is 0.577. The van der Waals surface area contributed by atoms with E-state index in [9.17, 15) is 13.2 Å². The molecular formula is C10H19F3N4. The Kier molecular flexibility index (Phi) is 5.04. The van der Waals surface area contributed by atoms with Crippen molar-refractivity contribution in [2.75, 3.05) is 26.2 Å². The number of halogens is 3. The molecule has 0 radical (unpaired) electrons. The number of rotatable bonds is 4. The Labute approximate surface area is 98.8 Å². The largest absolute Gasteiger partial charge is 0.401 e. The number of hydrogen-bond donors (Lipinski definition) is 2. The fourth-order valence-corrected chi connectivity index (χ4v) is 2.06. The highest BCUT2D eigenvalue weighted by Gasteiger charge is 2.32. The van der Waals surface area contributed by atoms with Crippen LogP contribution in [-0.4, -0.2) is 43.2 Å². The van der Waals surface area contributed by atoms with Gasteiger partial charge < -0.3 is 11.5 Å². The van der Waals surface area contributed by atoms with Crippen LogP contribution >= 0.6 is 0 Å². The van der Waals surface area contributed by atoms with Crippen molar-refractivity contribution >= 4 is 5.96 Å². The van der Waals surface area contributed by atoms with Crippen LogP contribution in [-0.2, 0) is 0 Å². The molecule has 0 aromatic heterocycles. The van der Waals surface area contributed by atoms with Crippen LogP contribution in [0.3, 0.4) is 0 Å². The first-order valence-corrected chi connectivity index (χ1v) is 5.71. The highest BCUT2D eigenvalue weighted by Crippen LogP contribution is 2.24. The molecule has 1 rings (SSSR count). The number of likely N-dealkylation sites (tertiary alicyclic amines) is 1. The Morgan fingerprint density at radius 1 is 1.24 bits per heavy atom. The van der Waals surface area contributed by atoms with E-state index in [4.69, 9.17) is 11.5 Å². The predicted octanol–water partition coefficient (Wildman–Crippen LogP) is 0.924. The average Bonchev–Trinajstić information content (AvgIpc) is 2.18. The summed E-state index contributed by atoms with van der Waals surface area (Å²) in [7, 11) is 0. The van der Waals surface area contributed by atoms with Crippen LogP contribution in [0.4, 0.5) is 13.2 Å². The van der Waals surface area contributed by atoms with Crippen molar-refractivity contribution in [1.82, 2.24) is 4.90 Å². The van der Waals surface area contributed by atoms with Crippen molar-refractivity contribution in [3.63, 3.8) is 0 Å². The molecule has 0 saturated carbocycles. The smallest absolute Gasteiger partial charge is 0.370 e. The zero-order chi connectivity index (χ0) is 12.9. The van der Waals surface area contributed by atoms with Crippen LogP contribution in [0.25, 0.3) is 0 Å². The summed E-state index contributed by atoms with van der Waals surface area (Å²) in [5, 5.41) is 0. The first-order chi connectivity index (χ1) is 7.87. The summed E-state index contributed by atoms with van der Waals surface area (Å²) in [6, 6.07) is 0. The van der Waals surface area contributed by atoms with E-state index in [0.717, 1.165) is 19.3 Å². The monoisotopic (exact) mass is 252 g/mol. The SMILES string of the molecule is NC(N)=NCCC1CCN(CC(F)(F)F)CC1. The summed E-state index contributed by atoms with van der Waals surface area (Å²) in [6.45, 7) is 0.776. The number of aliphatic imine (C=N–C) groups is 1. The normalized spacial score (nSPS) is 19.2. The minimum Gasteiger partial charge on any atom is -0.370 e. The second-order valence-corrected chi connectivity index (χ2v) is 4.43. The van der Waals surface area contributed by atoms with Gasteiger partial charge in [0.05, 0.1) is 6.54 Å². The van der Waals surface area contributed by atoms with Crippen molar-refractivity contribution in [1.29, 1.82) is 0 Å². The van der Waals surface area contributed by atoms with Crippen LogP contribution in [0.2, 0.25) is 0 Å². The number of alkyl halides is 3. The van der Waals surface area contributed by atoms with Crippen molar-refractivity contribution in [3.05, 3.63) is 0 Å². The summed E-state index contributed by atoms with van der Waals surface area (Å²) >= 11 is 0. The Bertz CT molecular complexity index is 253. The lowest BCUT2D eigenvalue weighted by atomic mass is 9.93. The van der Waals surface area contributed by atoms with Gasteiger partial charge in [0.1, 0.15) is 0 Å². The number of nitrogens with two attached hydrogens (primary N) is 2. The molecule has 0 aromatic carbocycles. The van der Waals surface area contributed by atoms with Gasteiger partial charge in [-0.05, 0) is 38.3 Å². The molecule has 4 nitrogen and oxygen atoms in total. The van der Waals surface area contributed by atoms with E-state index in [1.807, 2.05) is 0 Å². The Hall–Kier alpha value is -0.980. The van der Waals surface area contributed by atoms with Crippen LogP contribution in [0.5, 0.6) is 0 Å². The van der Waals surface area contributed by atoms with Crippen molar-refractivity contribution in [2.45, 2.75) is 25.4 Å². The highest BCUT2D eigenvalue weighted by atomic mass is 19.4. The Balaban J connectivity index is 2.20. The summed E-state index contributed by atoms with van der Waals surface area (Å²) in [4.78, 5) is 5.33. The highest BCUT2D eigenvalue weighted by molar-refractivity contribution is 5.75. The van der Waals surface area contributed by atoms with Gasteiger partial charge in [-0.3, -0.25) is 9.89 Å². The van der Waals surface area contributed by atoms with E-state index < -0.39 is 12.7 Å². The van der Waals surface area contributed by atoms with Gasteiger partial charge >= 0.3 is 6.18 Å². The first-order valence-electron chi connectivity index (χ1n) is 5.71. The van der Waals surface area contributed by atoms with Gasteiger partial charge in [-0.1, -0.05) is 0 Å². The number of hydrogen-bond acceptors (Lipinski definition) is 2. The molecule has 0 unspecified atom stereocenters. The van der Waals surface area contributed by atoms with E-state index in [1.54, 1.807) is 0 Å². The molecule has 0 aliphatic carbocycles. The summed E-state index contributed by atoms with van der Waals surface area (Å²) in [5.41, 5.74) is 10.4. The molecule has 1 heterocycles. The molecule has 1 aliphatic rings. The summed E-state index contributed by atoms with van der Waals surface area (Å²) in [6.07, 6.45) is -1.67. The fourth-order valence-electron chi connectivity index (χ4n) is 2.06. The van der Waals surface area contributed by atoms with E-state index in [0.29, 0.717) is 25.6 Å². The van der Waals surface area contributed by atoms with Crippen molar-refractivity contribution < 1.29 is 13.2 Å². The third kappa shape index (κ3) is 6.35. The molecule has 0 bridgehead atoms. The van der Waals surface area contributed by atoms with Crippen LogP contribution in [0, 0.1) is 5.92 Å². The molecule has 1 saturated heterocycles. The summed E-state index contributed by atoms with van der Waals surface area (Å²) in [5.74, 6) is 0.502. The van der Waals surface area contributed by atoms with Gasteiger partial charge in [0, 0.05) is 6.54 Å². The zero-order valence-corrected chi connectivity index (χ0v) is 9.71. The minimum absolute atomic E-state index is 0.0690. The zero-order valence-electron chi connectivity index (χ0n) is 9.71. The van der Waals surface area contributed by atoms with E-state index in [1.165, 1.54) is 4.90 Å². The van der Waals surface area contributed by atoms with Crippen LogP contribution in [0.1, 0.15) is 19.3 Å². The number of nitrogens with zero attached hydrogens (tertiary/aromatic N) is 2. The van der Waals surface area contributed by atoms with Crippen molar-refractivity contribution in [2.24, 2.45) is 22.4 Å². The lowest BCUT2D eigenvalue weighted by Gasteiger charge is -2.32. The molecule has 0 amide bonds. The molecule has 100 valence electrons. The number of piperidine rings is 1. The molecule has 0 atom stereocenters. The van der Waals surface area contributed by atoms with E-state index >= 15 is 0 Å². The topological polar surface area (TPSA) is 67.6 Å². The van der Waals surface area contributed by atoms with E-state index in [2.05, 4.69) is 4.99 Å². The molecule has 7 heteroatoms. The maximum Gasteiger partial charge on any atom is 0.401 e. The predicted molar refractivity (Wildman–Crippen MR) is 60.5 cm³/mol. The Morgan fingerprint density at radius 3 is 2.29 bits per heavy atom. The second-order valence-electron chi connectivity index (χ2n) is 4.43. The molecule has 17 heavy (non-hydrogen) atoms. The Morgan fingerprint density at radius 2 is 1.82 bits per heavy atom. The fraction of sp³-hybridized carbons (Fsp3) is 0.900. The molecular weight excluding hydrogens is 233 g/mol. The molecule has 1 aliphatic heterocycles. The lowest BCUT2D eigenvalue weighted by Crippen LogP contribution is -2.40. The maximum absolute atomic E-state index is 12.1. The minimum atomic E-state index is -4.09. The molecule has 0 spiro atoms. The third-order valence-electron chi connectivity index (χ3n) is 2.94. The summed E-state index contributed by atoms with van der Waals surface area (Å²) < 4.78 is 36.4. The van der Waals surface area contributed by atoms with Crippen molar-refractivity contribution in [3.8, 4) is 0 Å².